The number of aliphatic hydroxyl groups excluding tert-OH is 1. The third kappa shape index (κ3) is 9.40. The second-order valence-electron chi connectivity index (χ2n) is 13.9. The molecule has 0 aliphatic carbocycles. The Kier molecular flexibility index (Phi) is 12.1. The maximum absolute atomic E-state index is 12.8. The lowest BCUT2D eigenvalue weighted by molar-refractivity contribution is -0.276. The molecular formula is C46H46N2O5S. The van der Waals surface area contributed by atoms with Gasteiger partial charge >= 0.3 is 0 Å². The van der Waals surface area contributed by atoms with Gasteiger partial charge in [-0.05, 0) is 57.1 Å². The highest BCUT2D eigenvalue weighted by Gasteiger charge is 2.39. The highest BCUT2D eigenvalue weighted by Crippen LogP contribution is 2.42. The molecule has 2 N–H and O–H groups in total. The quantitative estimate of drug-likeness (QED) is 0.116. The number of nitrogens with zero attached hydrogens (tertiary/aromatic N) is 1. The van der Waals surface area contributed by atoms with Gasteiger partial charge in [0.2, 0.25) is 10.0 Å². The summed E-state index contributed by atoms with van der Waals surface area (Å²) >= 11 is 0. The van der Waals surface area contributed by atoms with Gasteiger partial charge in [-0.1, -0.05) is 153 Å². The highest BCUT2D eigenvalue weighted by atomic mass is 32.2. The van der Waals surface area contributed by atoms with E-state index in [1.54, 1.807) is 30.3 Å². The third-order valence-corrected chi connectivity index (χ3v) is 11.4. The molecule has 54 heavy (non-hydrogen) atoms. The zero-order valence-electron chi connectivity index (χ0n) is 30.4. The molecule has 0 amide bonds. The SMILES string of the molecule is C[C@H]1[C@@H](CN(Cc2ccccc2)Cc2ccccc2)O[C@@H](c2ccc(-c3cccc(CNS(=O)(=O)c4ccccc4)c3)cc2)O[C@H]1c1ccc(CO)cc1. The van der Waals surface area contributed by atoms with Gasteiger partial charge in [0.25, 0.3) is 0 Å². The number of benzene rings is 6. The zero-order chi connectivity index (χ0) is 37.3. The average Bonchev–Trinajstić information content (AvgIpc) is 3.22. The maximum Gasteiger partial charge on any atom is 0.240 e. The molecule has 0 bridgehead atoms. The van der Waals surface area contributed by atoms with Gasteiger partial charge in [0.15, 0.2) is 6.29 Å². The first-order valence-electron chi connectivity index (χ1n) is 18.4. The molecule has 8 heteroatoms. The Bertz CT molecular complexity index is 2140. The van der Waals surface area contributed by atoms with E-state index in [0.29, 0.717) is 6.54 Å². The summed E-state index contributed by atoms with van der Waals surface area (Å²) in [4.78, 5) is 2.70. The molecule has 7 rings (SSSR count). The number of nitrogens with one attached hydrogen (secondary N) is 1. The number of rotatable bonds is 14. The first-order valence-corrected chi connectivity index (χ1v) is 19.9. The number of aliphatic hydroxyl groups is 1. The van der Waals surface area contributed by atoms with Gasteiger partial charge in [0.05, 0.1) is 23.7 Å². The topological polar surface area (TPSA) is 88.1 Å². The van der Waals surface area contributed by atoms with Crippen molar-refractivity contribution in [1.82, 2.24) is 9.62 Å². The molecule has 0 aromatic heterocycles. The molecule has 0 saturated carbocycles. The van der Waals surface area contributed by atoms with E-state index in [1.807, 2.05) is 60.7 Å². The van der Waals surface area contributed by atoms with Crippen LogP contribution in [0.4, 0.5) is 0 Å². The fraction of sp³-hybridized carbons (Fsp3) is 0.217. The molecule has 0 unspecified atom stereocenters. The Balaban J connectivity index is 1.12. The van der Waals surface area contributed by atoms with Crippen LogP contribution in [-0.4, -0.2) is 31.1 Å². The molecule has 1 aliphatic rings. The summed E-state index contributed by atoms with van der Waals surface area (Å²) in [7, 11) is -3.62. The number of hydrogen-bond donors (Lipinski definition) is 2. The predicted octanol–water partition coefficient (Wildman–Crippen LogP) is 8.82. The minimum Gasteiger partial charge on any atom is -0.392 e. The van der Waals surface area contributed by atoms with Crippen LogP contribution in [0.1, 0.15) is 52.7 Å². The molecule has 1 saturated heterocycles. The van der Waals surface area contributed by atoms with Crippen LogP contribution in [0.15, 0.2) is 169 Å². The van der Waals surface area contributed by atoms with Crippen LogP contribution in [0.2, 0.25) is 0 Å². The van der Waals surface area contributed by atoms with Crippen molar-refractivity contribution in [2.75, 3.05) is 6.54 Å². The van der Waals surface area contributed by atoms with E-state index in [1.165, 1.54) is 11.1 Å². The molecule has 6 aromatic carbocycles. The Morgan fingerprint density at radius 1 is 0.611 bits per heavy atom. The van der Waals surface area contributed by atoms with Crippen LogP contribution < -0.4 is 4.72 Å². The van der Waals surface area contributed by atoms with E-state index in [2.05, 4.69) is 89.3 Å². The van der Waals surface area contributed by atoms with Crippen molar-refractivity contribution >= 4 is 10.0 Å². The first kappa shape index (κ1) is 37.4. The van der Waals surface area contributed by atoms with Crippen LogP contribution in [-0.2, 0) is 45.7 Å². The lowest BCUT2D eigenvalue weighted by Gasteiger charge is -2.43. The fourth-order valence-electron chi connectivity index (χ4n) is 7.01. The number of hydrogen-bond acceptors (Lipinski definition) is 6. The molecular weight excluding hydrogens is 693 g/mol. The monoisotopic (exact) mass is 738 g/mol. The lowest BCUT2D eigenvalue weighted by atomic mass is 9.89. The van der Waals surface area contributed by atoms with Crippen LogP contribution in [0.5, 0.6) is 0 Å². The van der Waals surface area contributed by atoms with Gasteiger partial charge in [-0.25, -0.2) is 13.1 Å². The second-order valence-corrected chi connectivity index (χ2v) is 15.7. The molecule has 1 aliphatic heterocycles. The summed E-state index contributed by atoms with van der Waals surface area (Å²) < 4.78 is 42.0. The normalized spacial score (nSPS) is 18.8. The highest BCUT2D eigenvalue weighted by molar-refractivity contribution is 7.89. The van der Waals surface area contributed by atoms with Gasteiger partial charge in [-0.3, -0.25) is 4.90 Å². The van der Waals surface area contributed by atoms with Crippen molar-refractivity contribution in [2.24, 2.45) is 5.92 Å². The van der Waals surface area contributed by atoms with Crippen molar-refractivity contribution in [3.8, 4) is 11.1 Å². The second kappa shape index (κ2) is 17.5. The van der Waals surface area contributed by atoms with E-state index in [4.69, 9.17) is 9.47 Å². The van der Waals surface area contributed by atoms with Gasteiger partial charge in [0, 0.05) is 37.7 Å². The van der Waals surface area contributed by atoms with E-state index >= 15 is 0 Å². The Labute approximate surface area is 318 Å². The summed E-state index contributed by atoms with van der Waals surface area (Å²) in [5.74, 6) is 0.0385. The van der Waals surface area contributed by atoms with E-state index in [-0.39, 0.29) is 36.2 Å². The third-order valence-electron chi connectivity index (χ3n) is 10.0. The summed E-state index contributed by atoms with van der Waals surface area (Å²) in [5.41, 5.74) is 8.15. The number of ether oxygens (including phenoxy) is 2. The molecule has 6 aromatic rings. The van der Waals surface area contributed by atoms with Crippen LogP contribution in [0, 0.1) is 5.92 Å². The molecule has 1 heterocycles. The van der Waals surface area contributed by atoms with E-state index < -0.39 is 16.3 Å². The standard InChI is InChI=1S/C46H46N2O5S/c1-34-44(32-48(30-35-12-5-2-6-13-35)31-36-14-7-3-8-15-36)52-46(53-45(34)40-22-20-37(33-49)21-23-40)41-26-24-39(25-27-41)42-17-11-16-38(28-42)29-47-54(50,51)43-18-9-4-10-19-43/h2-28,34,44-47,49H,29-33H2,1H3/t34-,44+,45+,46+/m0/s1. The molecule has 0 radical (unpaired) electrons. The predicted molar refractivity (Wildman–Crippen MR) is 212 cm³/mol. The minimum absolute atomic E-state index is 0.0117. The largest absolute Gasteiger partial charge is 0.392 e. The smallest absolute Gasteiger partial charge is 0.240 e. The van der Waals surface area contributed by atoms with Gasteiger partial charge in [0.1, 0.15) is 0 Å². The van der Waals surface area contributed by atoms with Crippen molar-refractivity contribution < 1.29 is 23.0 Å². The Morgan fingerprint density at radius 2 is 1.19 bits per heavy atom. The summed E-state index contributed by atoms with van der Waals surface area (Å²) in [6.45, 7) is 4.64. The number of sulfonamides is 1. The Morgan fingerprint density at radius 3 is 1.80 bits per heavy atom. The zero-order valence-corrected chi connectivity index (χ0v) is 31.2. The molecule has 1 fully saturated rings. The van der Waals surface area contributed by atoms with Crippen molar-refractivity contribution in [3.05, 3.63) is 197 Å². The van der Waals surface area contributed by atoms with E-state index in [0.717, 1.165) is 46.5 Å². The molecule has 276 valence electrons. The summed E-state index contributed by atoms with van der Waals surface area (Å²) in [5, 5.41) is 9.70. The molecule has 0 spiro atoms. The van der Waals surface area contributed by atoms with Gasteiger partial charge in [-0.15, -0.1) is 0 Å². The summed E-state index contributed by atoms with van der Waals surface area (Å²) in [6, 6.07) is 53.6. The summed E-state index contributed by atoms with van der Waals surface area (Å²) in [6.07, 6.45) is -0.973. The fourth-order valence-corrected chi connectivity index (χ4v) is 8.04. The van der Waals surface area contributed by atoms with Crippen molar-refractivity contribution in [2.45, 2.75) is 56.6 Å². The van der Waals surface area contributed by atoms with Crippen LogP contribution >= 0.6 is 0 Å². The average molecular weight is 739 g/mol. The maximum atomic E-state index is 12.8. The molecule has 4 atom stereocenters. The first-order chi connectivity index (χ1) is 26.3. The van der Waals surface area contributed by atoms with Crippen molar-refractivity contribution in [3.63, 3.8) is 0 Å². The van der Waals surface area contributed by atoms with Crippen LogP contribution in [0.3, 0.4) is 0 Å². The van der Waals surface area contributed by atoms with Gasteiger partial charge < -0.3 is 14.6 Å². The Hall–Kier alpha value is -4.93. The molecule has 7 nitrogen and oxygen atoms in total. The van der Waals surface area contributed by atoms with E-state index in [9.17, 15) is 13.5 Å². The lowest BCUT2D eigenvalue weighted by Crippen LogP contribution is -2.44. The van der Waals surface area contributed by atoms with Crippen LogP contribution in [0.25, 0.3) is 11.1 Å². The van der Waals surface area contributed by atoms with Gasteiger partial charge in [-0.2, -0.15) is 0 Å². The minimum atomic E-state index is -3.62. The van der Waals surface area contributed by atoms with Crippen molar-refractivity contribution in [1.29, 1.82) is 0 Å².